The Hall–Kier alpha value is -2.85. The first-order valence-corrected chi connectivity index (χ1v) is 16.1. The summed E-state index contributed by atoms with van der Waals surface area (Å²) in [5.74, 6) is -3.26. The lowest BCUT2D eigenvalue weighted by Gasteiger charge is -2.38. The van der Waals surface area contributed by atoms with Crippen molar-refractivity contribution in [1.29, 1.82) is 5.26 Å². The Morgan fingerprint density at radius 1 is 1.17 bits per heavy atom. The van der Waals surface area contributed by atoms with E-state index in [0.29, 0.717) is 19.5 Å². The Morgan fingerprint density at radius 2 is 1.87 bits per heavy atom. The first-order chi connectivity index (χ1) is 21.7. The number of nitriles is 1. The maximum Gasteiger partial charge on any atom is 0.240 e. The summed E-state index contributed by atoms with van der Waals surface area (Å²) in [6.07, 6.45) is -0.307. The highest BCUT2D eigenvalue weighted by atomic mass is 35.5. The van der Waals surface area contributed by atoms with Gasteiger partial charge >= 0.3 is 0 Å². The van der Waals surface area contributed by atoms with E-state index in [-0.39, 0.29) is 77.6 Å². The lowest BCUT2D eigenvalue weighted by Crippen LogP contribution is -2.55. The van der Waals surface area contributed by atoms with Crippen LogP contribution in [0.5, 0.6) is 0 Å². The molecule has 46 heavy (non-hydrogen) atoms. The summed E-state index contributed by atoms with van der Waals surface area (Å²) in [6, 6.07) is 8.98. The van der Waals surface area contributed by atoms with Crippen molar-refractivity contribution in [3.8, 4) is 6.07 Å². The largest absolute Gasteiger partial charge is 0.394 e. The monoisotopic (exact) mass is 679 g/mol. The van der Waals surface area contributed by atoms with E-state index in [1.807, 2.05) is 25.7 Å². The number of aliphatic hydroxyl groups excluding tert-OH is 2. The highest BCUT2D eigenvalue weighted by Gasteiger charge is 2.61. The maximum atomic E-state index is 15.9. The van der Waals surface area contributed by atoms with Crippen molar-refractivity contribution in [3.05, 3.63) is 69.2 Å². The normalized spacial score (nSPS) is 24.4. The summed E-state index contributed by atoms with van der Waals surface area (Å²) in [4.78, 5) is 30.3. The number of nitrogens with zero attached hydrogens (tertiary/aromatic N) is 3. The minimum Gasteiger partial charge on any atom is -0.394 e. The molecule has 5 atom stereocenters. The number of hydrogen-bond acceptors (Lipinski definition) is 7. The number of aliphatic hydroxyl groups is 2. The van der Waals surface area contributed by atoms with Gasteiger partial charge in [-0.2, -0.15) is 5.26 Å². The number of carbonyl (C=O) groups is 2. The molecule has 2 saturated heterocycles. The molecule has 4 N–H and O–H groups in total. The van der Waals surface area contributed by atoms with Gasteiger partial charge in [-0.15, -0.1) is 0 Å². The zero-order chi connectivity index (χ0) is 33.8. The van der Waals surface area contributed by atoms with E-state index in [1.54, 1.807) is 11.0 Å². The van der Waals surface area contributed by atoms with Crippen LogP contribution in [0.1, 0.15) is 50.7 Å². The van der Waals surface area contributed by atoms with E-state index in [1.165, 1.54) is 24.3 Å². The van der Waals surface area contributed by atoms with E-state index >= 15 is 8.78 Å². The number of carbonyl (C=O) groups excluding carboxylic acids is 2. The molecule has 2 aromatic rings. The Bertz CT molecular complexity index is 1460. The molecule has 2 fully saturated rings. The van der Waals surface area contributed by atoms with Gasteiger partial charge in [-0.05, 0) is 42.0 Å². The molecule has 0 saturated carbocycles. The molecule has 0 spiro atoms. The van der Waals surface area contributed by atoms with Crippen LogP contribution in [-0.4, -0.2) is 95.9 Å². The Labute approximate surface area is 278 Å². The molecule has 1 unspecified atom stereocenters. The van der Waals surface area contributed by atoms with Gasteiger partial charge in [-0.25, -0.2) is 8.78 Å². The summed E-state index contributed by atoms with van der Waals surface area (Å²) in [7, 11) is 0. The molecular weight excluding hydrogens is 639 g/mol. The van der Waals surface area contributed by atoms with Crippen LogP contribution in [0.25, 0.3) is 0 Å². The predicted octanol–water partition coefficient (Wildman–Crippen LogP) is 3.60. The van der Waals surface area contributed by atoms with Gasteiger partial charge in [0.1, 0.15) is 17.0 Å². The van der Waals surface area contributed by atoms with E-state index in [4.69, 9.17) is 28.3 Å². The minimum absolute atomic E-state index is 0.0168. The highest BCUT2D eigenvalue weighted by molar-refractivity contribution is 6.31. The molecule has 250 valence electrons. The van der Waals surface area contributed by atoms with Gasteiger partial charge < -0.3 is 25.7 Å². The lowest BCUT2D eigenvalue weighted by atomic mass is 9.62. The number of nitrogens with one attached hydrogen (secondary N) is 2. The molecule has 2 aliphatic heterocycles. The van der Waals surface area contributed by atoms with Crippen molar-refractivity contribution in [2.75, 3.05) is 45.9 Å². The summed E-state index contributed by atoms with van der Waals surface area (Å²) in [6.45, 7) is 7.19. The number of rotatable bonds is 10. The van der Waals surface area contributed by atoms with Gasteiger partial charge in [0.25, 0.3) is 0 Å². The molecule has 0 aromatic heterocycles. The fourth-order valence-electron chi connectivity index (χ4n) is 6.60. The molecule has 13 heteroatoms. The third-order valence-corrected chi connectivity index (χ3v) is 9.30. The van der Waals surface area contributed by atoms with Gasteiger partial charge in [0.05, 0.1) is 36.4 Å². The second-order valence-corrected chi connectivity index (χ2v) is 14.1. The van der Waals surface area contributed by atoms with Crippen molar-refractivity contribution in [2.45, 2.75) is 63.1 Å². The van der Waals surface area contributed by atoms with E-state index in [9.17, 15) is 20.0 Å². The van der Waals surface area contributed by atoms with Crippen molar-refractivity contribution in [2.24, 2.45) is 5.41 Å². The van der Waals surface area contributed by atoms with Gasteiger partial charge in [0.15, 0.2) is 0 Å². The minimum atomic E-state index is -1.71. The van der Waals surface area contributed by atoms with Crippen molar-refractivity contribution in [1.82, 2.24) is 20.4 Å². The number of hydrogen-bond donors (Lipinski definition) is 4. The third kappa shape index (κ3) is 7.81. The molecule has 4 rings (SSSR count). The van der Waals surface area contributed by atoms with E-state index in [0.717, 1.165) is 6.07 Å². The Balaban J connectivity index is 1.66. The molecule has 2 aliphatic rings. The van der Waals surface area contributed by atoms with Crippen LogP contribution in [0.15, 0.2) is 36.4 Å². The zero-order valence-corrected chi connectivity index (χ0v) is 27.7. The Morgan fingerprint density at radius 3 is 2.48 bits per heavy atom. The second-order valence-electron chi connectivity index (χ2n) is 13.3. The molecule has 2 aromatic carbocycles. The quantitative estimate of drug-likeness (QED) is 0.302. The average Bonchev–Trinajstić information content (AvgIpc) is 3.31. The number of piperazine rings is 1. The van der Waals surface area contributed by atoms with Crippen LogP contribution in [0.3, 0.4) is 0 Å². The topological polar surface area (TPSA) is 129 Å². The lowest BCUT2D eigenvalue weighted by molar-refractivity contribution is -0.135. The first kappa shape index (κ1) is 36.0. The van der Waals surface area contributed by atoms with Crippen LogP contribution in [-0.2, 0) is 15.0 Å². The first-order valence-electron chi connectivity index (χ1n) is 15.3. The maximum absolute atomic E-state index is 15.9. The van der Waals surface area contributed by atoms with Crippen molar-refractivity contribution < 1.29 is 28.6 Å². The van der Waals surface area contributed by atoms with Crippen LogP contribution >= 0.6 is 23.2 Å². The molecule has 0 aliphatic carbocycles. The summed E-state index contributed by atoms with van der Waals surface area (Å²) in [5, 5.41) is 35.5. The number of benzene rings is 2. The molecule has 9 nitrogen and oxygen atoms in total. The summed E-state index contributed by atoms with van der Waals surface area (Å²) >= 11 is 12.3. The predicted molar refractivity (Wildman–Crippen MR) is 171 cm³/mol. The smallest absolute Gasteiger partial charge is 0.240 e. The van der Waals surface area contributed by atoms with Crippen LogP contribution in [0, 0.1) is 28.4 Å². The van der Waals surface area contributed by atoms with Crippen molar-refractivity contribution in [3.63, 3.8) is 0 Å². The Kier molecular flexibility index (Phi) is 11.7. The summed E-state index contributed by atoms with van der Waals surface area (Å²) < 4.78 is 31.7. The summed E-state index contributed by atoms with van der Waals surface area (Å²) in [5.41, 5.74) is -2.02. The van der Waals surface area contributed by atoms with Crippen LogP contribution in [0.4, 0.5) is 8.78 Å². The van der Waals surface area contributed by atoms with E-state index < -0.39 is 41.2 Å². The third-order valence-electron chi connectivity index (χ3n) is 8.78. The number of amides is 2. The molecule has 2 amide bonds. The fraction of sp³-hybridized carbons (Fsp3) is 0.545. The van der Waals surface area contributed by atoms with Gasteiger partial charge in [-0.3, -0.25) is 14.5 Å². The standard InChI is InChI=1S/C33H41Cl2F2N5O4/c1-32(2,3)16-26-33(19-38,23-8-7-20(34)15-25(23)36)28(22-5-4-6-24(35)29(22)37)30(40-26)31(46)42-13-11-41(12-14-42)17-27(45)39-10-9-21(44)18-43/h4-8,15,21,26,28,30,40,43-44H,9-14,16-18H2,1-3H3,(H,39,45)/t21?,26-,28-,30+,33-/m0/s1. The van der Waals surface area contributed by atoms with Crippen LogP contribution < -0.4 is 10.6 Å². The second kappa shape index (κ2) is 14.9. The van der Waals surface area contributed by atoms with Gasteiger partial charge in [0, 0.05) is 55.3 Å². The highest BCUT2D eigenvalue weighted by Crippen LogP contribution is 2.53. The SMILES string of the molecule is CC(C)(C)C[C@@H]1N[C@@H](C(=O)N2CCN(CC(=O)NCCC(O)CO)CC2)[C@H](c2cccc(Cl)c2F)[C@@]1(C#N)c1ccc(Cl)cc1F. The fourth-order valence-corrected chi connectivity index (χ4v) is 6.94. The van der Waals surface area contributed by atoms with Crippen molar-refractivity contribution >= 4 is 35.0 Å². The zero-order valence-electron chi connectivity index (χ0n) is 26.2. The molecule has 2 heterocycles. The average molecular weight is 681 g/mol. The van der Waals surface area contributed by atoms with Crippen LogP contribution in [0.2, 0.25) is 10.0 Å². The molecule has 0 radical (unpaired) electrons. The number of halogens is 4. The molecule has 0 bridgehead atoms. The van der Waals surface area contributed by atoms with E-state index in [2.05, 4.69) is 16.7 Å². The molecular formula is C33H41Cl2F2N5O4. The van der Waals surface area contributed by atoms with Gasteiger partial charge in [0.2, 0.25) is 11.8 Å². The van der Waals surface area contributed by atoms with Gasteiger partial charge in [-0.1, -0.05) is 62.2 Å².